The molecule has 148 valence electrons. The van der Waals surface area contributed by atoms with Gasteiger partial charge in [0.2, 0.25) is 0 Å². The second kappa shape index (κ2) is 8.46. The Morgan fingerprint density at radius 1 is 0.750 bits per heavy atom. The Kier molecular flexibility index (Phi) is 6.49. The molecule has 0 fully saturated rings. The molecule has 2 rings (SSSR count). The lowest BCUT2D eigenvalue weighted by atomic mass is 9.86. The first-order chi connectivity index (χ1) is 13.0. The number of rotatable bonds is 5. The third-order valence-corrected chi connectivity index (χ3v) is 4.01. The Morgan fingerprint density at radius 3 is 1.64 bits per heavy atom. The van der Waals surface area contributed by atoms with Gasteiger partial charge in [-0.3, -0.25) is 9.59 Å². The summed E-state index contributed by atoms with van der Waals surface area (Å²) >= 11 is 0. The fraction of sp³-hybridized carbons (Fsp3) is 0.391. The number of carbonyl (C=O) groups excluding carboxylic acids is 2. The van der Waals surface area contributed by atoms with E-state index in [1.54, 1.807) is 24.3 Å². The fourth-order valence-corrected chi connectivity index (χ4v) is 2.25. The van der Waals surface area contributed by atoms with Crippen LogP contribution in [0.15, 0.2) is 58.8 Å². The quantitative estimate of drug-likeness (QED) is 0.341. The molecule has 0 saturated carbocycles. The molecule has 2 aromatic carbocycles. The lowest BCUT2D eigenvalue weighted by Crippen LogP contribution is -2.22. The third-order valence-electron chi connectivity index (χ3n) is 4.01. The minimum Gasteiger partial charge on any atom is -0.460 e. The number of ether oxygens (including phenoxy) is 1. The van der Waals surface area contributed by atoms with Crippen LogP contribution >= 0.6 is 0 Å². The van der Waals surface area contributed by atoms with Crippen molar-refractivity contribution in [3.63, 3.8) is 0 Å². The predicted octanol–water partition coefficient (Wildman–Crippen LogP) is 6.42. The number of nitrogens with zero attached hydrogens (tertiary/aromatic N) is 2. The van der Waals surface area contributed by atoms with E-state index < -0.39 is 10.8 Å². The highest BCUT2D eigenvalue weighted by molar-refractivity contribution is 5.99. The van der Waals surface area contributed by atoms with E-state index in [0.29, 0.717) is 16.9 Å². The van der Waals surface area contributed by atoms with Crippen molar-refractivity contribution >= 4 is 23.1 Å². The lowest BCUT2D eigenvalue weighted by Gasteiger charge is -2.16. The van der Waals surface area contributed by atoms with Crippen LogP contribution in [0.5, 0.6) is 0 Å². The largest absolute Gasteiger partial charge is 0.460 e. The van der Waals surface area contributed by atoms with Crippen LogP contribution in [0, 0.1) is 10.8 Å². The second-order valence-electron chi connectivity index (χ2n) is 8.82. The van der Waals surface area contributed by atoms with Crippen molar-refractivity contribution in [2.75, 3.05) is 0 Å². The van der Waals surface area contributed by atoms with Crippen molar-refractivity contribution in [2.45, 2.75) is 48.1 Å². The first-order valence-electron chi connectivity index (χ1n) is 9.29. The molecular formula is C23H28N2O3. The summed E-state index contributed by atoms with van der Waals surface area (Å²) in [5, 5.41) is 8.41. The molecule has 0 heterocycles. The Labute approximate surface area is 166 Å². The number of benzene rings is 2. The molecule has 0 aliphatic rings. The molecule has 0 atom stereocenters. The summed E-state index contributed by atoms with van der Waals surface area (Å²) in [6.07, 6.45) is 0. The first-order valence-corrected chi connectivity index (χ1v) is 9.29. The van der Waals surface area contributed by atoms with Gasteiger partial charge in [-0.25, -0.2) is 0 Å². The van der Waals surface area contributed by atoms with Gasteiger partial charge < -0.3 is 4.74 Å². The summed E-state index contributed by atoms with van der Waals surface area (Å²) in [5.41, 5.74) is 2.00. The minimum absolute atomic E-state index is 0.0961. The maximum absolute atomic E-state index is 12.3. The van der Waals surface area contributed by atoms with Crippen molar-refractivity contribution in [3.05, 3.63) is 59.7 Å². The fourth-order valence-electron chi connectivity index (χ4n) is 2.25. The van der Waals surface area contributed by atoms with Gasteiger partial charge in [0.1, 0.15) is 6.61 Å². The molecule has 5 nitrogen and oxygen atoms in total. The Hall–Kier alpha value is -2.82. The van der Waals surface area contributed by atoms with Crippen molar-refractivity contribution in [3.8, 4) is 0 Å². The summed E-state index contributed by atoms with van der Waals surface area (Å²) in [6.45, 7) is 11.4. The Bertz CT molecular complexity index is 853. The first kappa shape index (κ1) is 21.5. The van der Waals surface area contributed by atoms with Crippen LogP contribution in [0.25, 0.3) is 0 Å². The number of Topliss-reactive ketones (excluding diaryl/α,β-unsaturated/α-hetero) is 1. The van der Waals surface area contributed by atoms with Crippen LogP contribution in [0.1, 0.15) is 57.5 Å². The number of hydrogen-bond acceptors (Lipinski definition) is 5. The van der Waals surface area contributed by atoms with Gasteiger partial charge >= 0.3 is 5.97 Å². The molecule has 0 aliphatic carbocycles. The summed E-state index contributed by atoms with van der Waals surface area (Å²) in [7, 11) is 0. The van der Waals surface area contributed by atoms with Gasteiger partial charge in [0, 0.05) is 11.0 Å². The normalized spacial score (nSPS) is 12.2. The maximum atomic E-state index is 12.3. The number of azo groups is 1. The molecule has 5 heteroatoms. The molecular weight excluding hydrogens is 352 g/mol. The zero-order valence-corrected chi connectivity index (χ0v) is 17.4. The van der Waals surface area contributed by atoms with E-state index in [0.717, 1.165) is 5.56 Å². The SMILES string of the molecule is CC(C)(C)C(=O)OCc1ccc(N=Nc2ccc(C(=O)C(C)(C)C)cc2)cc1. The third kappa shape index (κ3) is 6.12. The molecule has 0 amide bonds. The Balaban J connectivity index is 1.97. The van der Waals surface area contributed by atoms with Crippen LogP contribution < -0.4 is 0 Å². The standard InChI is InChI=1S/C23H28N2O3/c1-22(2,3)20(26)17-9-13-19(14-10-17)25-24-18-11-7-16(8-12-18)15-28-21(27)23(4,5)6/h7-14H,15H2,1-6H3. The van der Waals surface area contributed by atoms with Crippen molar-refractivity contribution in [1.82, 2.24) is 0 Å². The highest BCUT2D eigenvalue weighted by atomic mass is 16.5. The van der Waals surface area contributed by atoms with E-state index in [9.17, 15) is 9.59 Å². The van der Waals surface area contributed by atoms with Crippen LogP contribution in [0.4, 0.5) is 11.4 Å². The molecule has 28 heavy (non-hydrogen) atoms. The number of carbonyl (C=O) groups is 2. The summed E-state index contributed by atoms with van der Waals surface area (Å²) < 4.78 is 5.30. The zero-order chi connectivity index (χ0) is 20.9. The second-order valence-corrected chi connectivity index (χ2v) is 8.82. The summed E-state index contributed by atoms with van der Waals surface area (Å²) in [6, 6.07) is 14.5. The van der Waals surface area contributed by atoms with Gasteiger partial charge in [-0.1, -0.05) is 32.9 Å². The van der Waals surface area contributed by atoms with Crippen molar-refractivity contribution in [2.24, 2.45) is 21.1 Å². The van der Waals surface area contributed by atoms with Crippen LogP contribution in [0.3, 0.4) is 0 Å². The van der Waals surface area contributed by atoms with Crippen molar-refractivity contribution in [1.29, 1.82) is 0 Å². The average molecular weight is 380 g/mol. The van der Waals surface area contributed by atoms with E-state index >= 15 is 0 Å². The monoisotopic (exact) mass is 380 g/mol. The van der Waals surface area contributed by atoms with E-state index in [2.05, 4.69) is 10.2 Å². The summed E-state index contributed by atoms with van der Waals surface area (Å²) in [5.74, 6) is -0.136. The zero-order valence-electron chi connectivity index (χ0n) is 17.4. The van der Waals surface area contributed by atoms with Crippen LogP contribution in [-0.4, -0.2) is 11.8 Å². The molecule has 0 aromatic heterocycles. The van der Waals surface area contributed by atoms with Gasteiger partial charge in [0.15, 0.2) is 5.78 Å². The summed E-state index contributed by atoms with van der Waals surface area (Å²) in [4.78, 5) is 24.1. The maximum Gasteiger partial charge on any atom is 0.311 e. The molecule has 0 saturated heterocycles. The topological polar surface area (TPSA) is 68.1 Å². The van der Waals surface area contributed by atoms with E-state index in [1.165, 1.54) is 0 Å². The molecule has 0 bridgehead atoms. The van der Waals surface area contributed by atoms with Crippen LogP contribution in [0.2, 0.25) is 0 Å². The van der Waals surface area contributed by atoms with E-state index in [-0.39, 0.29) is 18.4 Å². The number of hydrogen-bond donors (Lipinski definition) is 0. The van der Waals surface area contributed by atoms with E-state index in [1.807, 2.05) is 65.8 Å². The molecule has 0 radical (unpaired) electrons. The van der Waals surface area contributed by atoms with Gasteiger partial charge in [-0.15, -0.1) is 0 Å². The average Bonchev–Trinajstić information content (AvgIpc) is 2.63. The highest BCUT2D eigenvalue weighted by Crippen LogP contribution is 2.24. The highest BCUT2D eigenvalue weighted by Gasteiger charge is 2.23. The van der Waals surface area contributed by atoms with Crippen LogP contribution in [-0.2, 0) is 16.1 Å². The smallest absolute Gasteiger partial charge is 0.311 e. The molecule has 2 aromatic rings. The van der Waals surface area contributed by atoms with Gasteiger partial charge in [0.25, 0.3) is 0 Å². The van der Waals surface area contributed by atoms with Crippen molar-refractivity contribution < 1.29 is 14.3 Å². The number of ketones is 1. The molecule has 0 N–H and O–H groups in total. The minimum atomic E-state index is -0.513. The molecule has 0 spiro atoms. The molecule has 0 unspecified atom stereocenters. The Morgan fingerprint density at radius 2 is 1.21 bits per heavy atom. The van der Waals surface area contributed by atoms with E-state index in [4.69, 9.17) is 4.74 Å². The predicted molar refractivity (Wildman–Crippen MR) is 110 cm³/mol. The van der Waals surface area contributed by atoms with Gasteiger partial charge in [-0.05, 0) is 62.7 Å². The lowest BCUT2D eigenvalue weighted by molar-refractivity contribution is -0.154. The molecule has 0 aliphatic heterocycles. The van der Waals surface area contributed by atoms with Gasteiger partial charge in [0.05, 0.1) is 16.8 Å². The number of esters is 1. The van der Waals surface area contributed by atoms with Gasteiger partial charge in [-0.2, -0.15) is 10.2 Å².